The van der Waals surface area contributed by atoms with Crippen molar-refractivity contribution in [1.29, 1.82) is 0 Å². The Morgan fingerprint density at radius 2 is 1.72 bits per heavy atom. The Kier molecular flexibility index (Phi) is 3.72. The van der Waals surface area contributed by atoms with Gasteiger partial charge in [0.2, 0.25) is 0 Å². The van der Waals surface area contributed by atoms with Crippen molar-refractivity contribution in [2.75, 3.05) is 0 Å². The number of carbonyl (C=O) groups is 1. The molecule has 0 bridgehead atoms. The van der Waals surface area contributed by atoms with E-state index in [9.17, 15) is 13.6 Å². The Morgan fingerprint density at radius 1 is 1.06 bits per heavy atom. The molecule has 1 unspecified atom stereocenters. The molecule has 1 atom stereocenters. The van der Waals surface area contributed by atoms with Crippen LogP contribution in [-0.4, -0.2) is 5.78 Å². The van der Waals surface area contributed by atoms with Gasteiger partial charge in [0.25, 0.3) is 0 Å². The predicted molar refractivity (Wildman–Crippen MR) is 65.7 cm³/mol. The van der Waals surface area contributed by atoms with Gasteiger partial charge in [0.05, 0.1) is 0 Å². The average Bonchev–Trinajstić information content (AvgIpc) is 2.41. The molecule has 0 aliphatic heterocycles. The number of benzene rings is 2. The minimum absolute atomic E-state index is 0.148. The van der Waals surface area contributed by atoms with Gasteiger partial charge in [0.15, 0.2) is 5.78 Å². The molecule has 0 aromatic heterocycles. The highest BCUT2D eigenvalue weighted by atomic mass is 35.5. The summed E-state index contributed by atoms with van der Waals surface area (Å²) in [6.45, 7) is 0. The third-order valence-electron chi connectivity index (χ3n) is 2.52. The summed E-state index contributed by atoms with van der Waals surface area (Å²) in [5, 5.41) is -1.23. The number of rotatable bonds is 3. The number of halogens is 3. The van der Waals surface area contributed by atoms with E-state index in [0.717, 1.165) is 18.2 Å². The van der Waals surface area contributed by atoms with E-state index in [1.165, 1.54) is 0 Å². The summed E-state index contributed by atoms with van der Waals surface area (Å²) >= 11 is 5.91. The number of alkyl halides is 1. The molecular weight excluding hydrogens is 258 g/mol. The number of carbonyl (C=O) groups excluding carboxylic acids is 1. The van der Waals surface area contributed by atoms with Crippen molar-refractivity contribution < 1.29 is 13.6 Å². The lowest BCUT2D eigenvalue weighted by Gasteiger charge is -2.10. The molecule has 0 amide bonds. The summed E-state index contributed by atoms with van der Waals surface area (Å²) in [4.78, 5) is 12.0. The van der Waals surface area contributed by atoms with Crippen LogP contribution < -0.4 is 0 Å². The van der Waals surface area contributed by atoms with Crippen LogP contribution in [0.25, 0.3) is 0 Å². The highest BCUT2D eigenvalue weighted by molar-refractivity contribution is 6.33. The second kappa shape index (κ2) is 5.27. The van der Waals surface area contributed by atoms with E-state index in [1.54, 1.807) is 30.3 Å². The normalized spacial score (nSPS) is 12.2. The summed E-state index contributed by atoms with van der Waals surface area (Å²) in [6, 6.07) is 11.1. The van der Waals surface area contributed by atoms with Crippen LogP contribution in [0.4, 0.5) is 8.78 Å². The molecule has 0 saturated heterocycles. The number of hydrogen-bond acceptors (Lipinski definition) is 1. The van der Waals surface area contributed by atoms with Gasteiger partial charge in [-0.1, -0.05) is 30.3 Å². The number of Topliss-reactive ketones (excluding diaryl/α,β-unsaturated/α-hetero) is 1. The van der Waals surface area contributed by atoms with E-state index in [2.05, 4.69) is 0 Å². The first-order valence-electron chi connectivity index (χ1n) is 5.28. The summed E-state index contributed by atoms with van der Waals surface area (Å²) in [5.74, 6) is -1.78. The van der Waals surface area contributed by atoms with Crippen LogP contribution >= 0.6 is 11.6 Å². The van der Waals surface area contributed by atoms with Crippen LogP contribution in [0.15, 0.2) is 48.5 Å². The molecule has 0 aliphatic carbocycles. The first-order chi connectivity index (χ1) is 8.59. The fourth-order valence-corrected chi connectivity index (χ4v) is 1.89. The van der Waals surface area contributed by atoms with Gasteiger partial charge in [-0.15, -0.1) is 11.6 Å². The van der Waals surface area contributed by atoms with E-state index in [-0.39, 0.29) is 5.56 Å². The fourth-order valence-electron chi connectivity index (χ4n) is 1.60. The van der Waals surface area contributed by atoms with Crippen molar-refractivity contribution in [3.63, 3.8) is 0 Å². The van der Waals surface area contributed by atoms with Crippen LogP contribution in [0.1, 0.15) is 21.3 Å². The van der Waals surface area contributed by atoms with Gasteiger partial charge in [-0.25, -0.2) is 8.78 Å². The molecule has 2 aromatic rings. The molecule has 0 aliphatic rings. The standard InChI is InChI=1S/C14H9ClF2O/c15-13(11-8-10(16)6-7-12(11)17)14(18)9-4-2-1-3-5-9/h1-8,13H. The van der Waals surface area contributed by atoms with Gasteiger partial charge in [0, 0.05) is 11.1 Å². The maximum absolute atomic E-state index is 13.5. The second-order valence-corrected chi connectivity index (χ2v) is 4.20. The molecule has 0 radical (unpaired) electrons. The Hall–Kier alpha value is -1.74. The number of ketones is 1. The molecule has 0 saturated carbocycles. The maximum Gasteiger partial charge on any atom is 0.185 e. The molecule has 92 valence electrons. The largest absolute Gasteiger partial charge is 0.292 e. The van der Waals surface area contributed by atoms with Gasteiger partial charge in [-0.05, 0) is 18.2 Å². The monoisotopic (exact) mass is 266 g/mol. The average molecular weight is 267 g/mol. The molecule has 0 N–H and O–H groups in total. The van der Waals surface area contributed by atoms with Crippen molar-refractivity contribution in [3.05, 3.63) is 71.3 Å². The summed E-state index contributed by atoms with van der Waals surface area (Å²) < 4.78 is 26.5. The third kappa shape index (κ3) is 2.57. The van der Waals surface area contributed by atoms with Crippen LogP contribution in [0.5, 0.6) is 0 Å². The molecule has 2 rings (SSSR count). The molecular formula is C14H9ClF2O. The van der Waals surface area contributed by atoms with Gasteiger partial charge < -0.3 is 0 Å². The zero-order valence-corrected chi connectivity index (χ0v) is 9.99. The Bertz CT molecular complexity index is 569. The van der Waals surface area contributed by atoms with Crippen molar-refractivity contribution in [2.24, 2.45) is 0 Å². The lowest BCUT2D eigenvalue weighted by molar-refractivity contribution is 0.0986. The van der Waals surface area contributed by atoms with Gasteiger partial charge in [-0.3, -0.25) is 4.79 Å². The maximum atomic E-state index is 13.5. The van der Waals surface area contributed by atoms with Crippen molar-refractivity contribution in [3.8, 4) is 0 Å². The SMILES string of the molecule is O=C(c1ccccc1)C(Cl)c1cc(F)ccc1F. The van der Waals surface area contributed by atoms with E-state index in [4.69, 9.17) is 11.6 Å². The molecule has 4 heteroatoms. The Morgan fingerprint density at radius 3 is 2.39 bits per heavy atom. The second-order valence-electron chi connectivity index (χ2n) is 3.76. The first-order valence-corrected chi connectivity index (χ1v) is 5.71. The summed E-state index contributed by atoms with van der Waals surface area (Å²) in [6.07, 6.45) is 0. The Balaban J connectivity index is 2.34. The minimum Gasteiger partial charge on any atom is -0.292 e. The van der Waals surface area contributed by atoms with Crippen LogP contribution in [0, 0.1) is 11.6 Å². The molecule has 1 nitrogen and oxygen atoms in total. The van der Waals surface area contributed by atoms with Gasteiger partial charge in [0.1, 0.15) is 17.0 Å². The van der Waals surface area contributed by atoms with Crippen molar-refractivity contribution in [1.82, 2.24) is 0 Å². The van der Waals surface area contributed by atoms with Crippen molar-refractivity contribution in [2.45, 2.75) is 5.38 Å². The topological polar surface area (TPSA) is 17.1 Å². The van der Waals surface area contributed by atoms with Gasteiger partial charge >= 0.3 is 0 Å². The van der Waals surface area contributed by atoms with E-state index in [1.807, 2.05) is 0 Å². The fraction of sp³-hybridized carbons (Fsp3) is 0.0714. The first kappa shape index (κ1) is 12.7. The van der Waals surface area contributed by atoms with E-state index >= 15 is 0 Å². The zero-order valence-electron chi connectivity index (χ0n) is 9.24. The van der Waals surface area contributed by atoms with E-state index < -0.39 is 22.8 Å². The van der Waals surface area contributed by atoms with Gasteiger partial charge in [-0.2, -0.15) is 0 Å². The summed E-state index contributed by atoms with van der Waals surface area (Å²) in [7, 11) is 0. The van der Waals surface area contributed by atoms with Crippen LogP contribution in [-0.2, 0) is 0 Å². The smallest absolute Gasteiger partial charge is 0.185 e. The molecule has 2 aromatic carbocycles. The summed E-state index contributed by atoms with van der Waals surface area (Å²) in [5.41, 5.74) is 0.215. The number of hydrogen-bond donors (Lipinski definition) is 0. The molecule has 18 heavy (non-hydrogen) atoms. The lowest BCUT2D eigenvalue weighted by Crippen LogP contribution is -2.09. The minimum atomic E-state index is -1.23. The molecule has 0 heterocycles. The quantitative estimate of drug-likeness (QED) is 0.603. The van der Waals surface area contributed by atoms with E-state index in [0.29, 0.717) is 5.56 Å². The highest BCUT2D eigenvalue weighted by Crippen LogP contribution is 2.27. The zero-order chi connectivity index (χ0) is 13.1. The van der Waals surface area contributed by atoms with Crippen LogP contribution in [0.2, 0.25) is 0 Å². The van der Waals surface area contributed by atoms with Crippen molar-refractivity contribution >= 4 is 17.4 Å². The molecule has 0 fully saturated rings. The highest BCUT2D eigenvalue weighted by Gasteiger charge is 2.22. The predicted octanol–water partition coefficient (Wildman–Crippen LogP) is 4.13. The third-order valence-corrected chi connectivity index (χ3v) is 2.95. The molecule has 0 spiro atoms. The lowest BCUT2D eigenvalue weighted by atomic mass is 10.0. The van der Waals surface area contributed by atoms with Crippen LogP contribution in [0.3, 0.4) is 0 Å². The Labute approximate surface area is 108 Å².